The molecule has 0 N–H and O–H groups in total. The summed E-state index contributed by atoms with van der Waals surface area (Å²) in [5, 5.41) is 0. The molecule has 0 bridgehead atoms. The van der Waals surface area contributed by atoms with E-state index in [1.165, 1.54) is 12.3 Å². The van der Waals surface area contributed by atoms with Crippen molar-refractivity contribution in [2.45, 2.75) is 12.8 Å². The van der Waals surface area contributed by atoms with Gasteiger partial charge in [-0.2, -0.15) is 0 Å². The summed E-state index contributed by atoms with van der Waals surface area (Å²) in [4.78, 5) is 2.40. The predicted octanol–water partition coefficient (Wildman–Crippen LogP) is 1.77. The first-order chi connectivity index (χ1) is 8.36. The molecule has 5 radical (unpaired) electrons. The van der Waals surface area contributed by atoms with E-state index in [0.29, 0.717) is 0 Å². The average molecular weight is 238 g/mol. The van der Waals surface area contributed by atoms with Gasteiger partial charge in [0.1, 0.15) is 0 Å². The molecule has 17 heavy (non-hydrogen) atoms. The monoisotopic (exact) mass is 238 g/mol. The third kappa shape index (κ3) is 7.02. The Morgan fingerprint density at radius 2 is 1.53 bits per heavy atom. The Hall–Kier alpha value is -0.120. The van der Waals surface area contributed by atoms with E-state index in [1.807, 2.05) is 0 Å². The van der Waals surface area contributed by atoms with Crippen molar-refractivity contribution < 1.29 is 9.47 Å². The summed E-state index contributed by atoms with van der Waals surface area (Å²) in [6, 6.07) is 0. The SMILES string of the molecule is COCCN(CCC[C]1[CH][CH][CH][CH]1)CCOC. The Labute approximate surface area is 106 Å². The van der Waals surface area contributed by atoms with E-state index < -0.39 is 0 Å². The van der Waals surface area contributed by atoms with Crippen LogP contribution in [0.15, 0.2) is 0 Å². The smallest absolute Gasteiger partial charge is 0.0589 e. The number of rotatable bonds is 10. The molecule has 1 fully saturated rings. The van der Waals surface area contributed by atoms with E-state index in [0.717, 1.165) is 39.3 Å². The Bertz CT molecular complexity index is 162. The molecule has 0 saturated heterocycles. The average Bonchev–Trinajstić information content (AvgIpc) is 2.85. The van der Waals surface area contributed by atoms with Crippen molar-refractivity contribution in [3.8, 4) is 0 Å². The first kappa shape index (κ1) is 14.9. The van der Waals surface area contributed by atoms with E-state index >= 15 is 0 Å². The van der Waals surface area contributed by atoms with Gasteiger partial charge in [0.05, 0.1) is 13.2 Å². The van der Waals surface area contributed by atoms with Gasteiger partial charge in [0.2, 0.25) is 0 Å². The molecule has 3 nitrogen and oxygen atoms in total. The molecular formula is C14H24NO2. The van der Waals surface area contributed by atoms with Gasteiger partial charge in [-0.25, -0.2) is 0 Å². The molecule has 1 saturated carbocycles. The highest BCUT2D eigenvalue weighted by Gasteiger charge is 2.16. The van der Waals surface area contributed by atoms with E-state index in [-0.39, 0.29) is 0 Å². The summed E-state index contributed by atoms with van der Waals surface area (Å²) in [6.07, 6.45) is 10.9. The van der Waals surface area contributed by atoms with Gasteiger partial charge in [0.15, 0.2) is 0 Å². The van der Waals surface area contributed by atoms with Gasteiger partial charge in [-0.3, -0.25) is 4.90 Å². The quantitative estimate of drug-likeness (QED) is 0.579. The van der Waals surface area contributed by atoms with E-state index in [4.69, 9.17) is 9.47 Å². The molecule has 97 valence electrons. The van der Waals surface area contributed by atoms with Crippen LogP contribution in [0.2, 0.25) is 0 Å². The minimum Gasteiger partial charge on any atom is -0.383 e. The zero-order valence-corrected chi connectivity index (χ0v) is 11.0. The molecule has 0 heterocycles. The van der Waals surface area contributed by atoms with Crippen molar-refractivity contribution in [2.75, 3.05) is 47.1 Å². The molecule has 0 aromatic heterocycles. The van der Waals surface area contributed by atoms with Gasteiger partial charge < -0.3 is 9.47 Å². The molecule has 3 heteroatoms. The Morgan fingerprint density at radius 3 is 2.06 bits per heavy atom. The highest BCUT2D eigenvalue weighted by molar-refractivity contribution is 5.34. The first-order valence-electron chi connectivity index (χ1n) is 6.27. The maximum Gasteiger partial charge on any atom is 0.0589 e. The summed E-state index contributed by atoms with van der Waals surface area (Å²) in [5.41, 5.74) is 0. The Kier molecular flexibility index (Phi) is 8.67. The lowest BCUT2D eigenvalue weighted by molar-refractivity contribution is 0.113. The minimum absolute atomic E-state index is 0.792. The summed E-state index contributed by atoms with van der Waals surface area (Å²) >= 11 is 0. The molecule has 0 aliphatic heterocycles. The molecule has 1 aliphatic carbocycles. The minimum atomic E-state index is 0.792. The molecule has 0 unspecified atom stereocenters. The van der Waals surface area contributed by atoms with Gasteiger partial charge >= 0.3 is 0 Å². The fraction of sp³-hybridized carbons (Fsp3) is 0.643. The van der Waals surface area contributed by atoms with Crippen LogP contribution in [0.5, 0.6) is 0 Å². The highest BCUT2D eigenvalue weighted by Crippen LogP contribution is 2.27. The van der Waals surface area contributed by atoms with Crippen molar-refractivity contribution in [1.82, 2.24) is 4.90 Å². The molecule has 0 spiro atoms. The first-order valence-corrected chi connectivity index (χ1v) is 6.27. The van der Waals surface area contributed by atoms with Crippen molar-refractivity contribution >= 4 is 0 Å². The van der Waals surface area contributed by atoms with E-state index in [2.05, 4.69) is 30.6 Å². The number of hydrogen-bond acceptors (Lipinski definition) is 3. The van der Waals surface area contributed by atoms with Crippen molar-refractivity contribution in [2.24, 2.45) is 0 Å². The molecule has 0 aromatic carbocycles. The lowest BCUT2D eigenvalue weighted by Crippen LogP contribution is -2.31. The maximum atomic E-state index is 5.12. The topological polar surface area (TPSA) is 21.7 Å². The second kappa shape index (κ2) is 9.86. The van der Waals surface area contributed by atoms with E-state index in [1.54, 1.807) is 14.2 Å². The fourth-order valence-corrected chi connectivity index (χ4v) is 1.86. The maximum absolute atomic E-state index is 5.12. The Morgan fingerprint density at radius 1 is 0.941 bits per heavy atom. The molecule has 1 rings (SSSR count). The second-order valence-electron chi connectivity index (χ2n) is 4.22. The van der Waals surface area contributed by atoms with Crippen molar-refractivity contribution in [3.63, 3.8) is 0 Å². The zero-order valence-electron chi connectivity index (χ0n) is 11.0. The molecular weight excluding hydrogens is 214 g/mol. The lowest BCUT2D eigenvalue weighted by atomic mass is 10.0. The van der Waals surface area contributed by atoms with E-state index in [9.17, 15) is 0 Å². The zero-order chi connectivity index (χ0) is 12.3. The molecule has 0 aromatic rings. The van der Waals surface area contributed by atoms with Crippen LogP contribution in [-0.4, -0.2) is 52.0 Å². The third-order valence-electron chi connectivity index (χ3n) is 2.89. The van der Waals surface area contributed by atoms with Crippen molar-refractivity contribution in [1.29, 1.82) is 0 Å². The summed E-state index contributed by atoms with van der Waals surface area (Å²) in [7, 11) is 3.50. The van der Waals surface area contributed by atoms with Gasteiger partial charge in [-0.1, -0.05) is 0 Å². The number of methoxy groups -OCH3 is 2. The van der Waals surface area contributed by atoms with Gasteiger partial charge in [-0.05, 0) is 51.0 Å². The number of ether oxygens (including phenoxy) is 2. The molecule has 0 amide bonds. The lowest BCUT2D eigenvalue weighted by Gasteiger charge is -2.22. The van der Waals surface area contributed by atoms with Gasteiger partial charge in [0.25, 0.3) is 0 Å². The number of nitrogens with zero attached hydrogens (tertiary/aromatic N) is 1. The fourth-order valence-electron chi connectivity index (χ4n) is 1.86. The van der Waals surface area contributed by atoms with Crippen molar-refractivity contribution in [3.05, 3.63) is 31.6 Å². The third-order valence-corrected chi connectivity index (χ3v) is 2.89. The summed E-state index contributed by atoms with van der Waals surface area (Å²) in [5.74, 6) is 1.43. The predicted molar refractivity (Wildman–Crippen MR) is 69.9 cm³/mol. The van der Waals surface area contributed by atoms with Crippen LogP contribution in [0.1, 0.15) is 12.8 Å². The normalized spacial score (nSPS) is 17.1. The van der Waals surface area contributed by atoms with Crippen LogP contribution in [0.3, 0.4) is 0 Å². The summed E-state index contributed by atoms with van der Waals surface area (Å²) < 4.78 is 10.2. The van der Waals surface area contributed by atoms with Crippen LogP contribution < -0.4 is 0 Å². The molecule has 1 aliphatic rings. The molecule has 0 atom stereocenters. The number of hydrogen-bond donors (Lipinski definition) is 0. The second-order valence-corrected chi connectivity index (χ2v) is 4.22. The Balaban J connectivity index is 2.08. The largest absolute Gasteiger partial charge is 0.383 e. The van der Waals surface area contributed by atoms with Crippen LogP contribution in [0.4, 0.5) is 0 Å². The van der Waals surface area contributed by atoms with Crippen LogP contribution in [0.25, 0.3) is 0 Å². The van der Waals surface area contributed by atoms with Gasteiger partial charge in [0, 0.05) is 27.3 Å². The highest BCUT2D eigenvalue weighted by atomic mass is 16.5. The van der Waals surface area contributed by atoms with Crippen LogP contribution in [0, 0.1) is 31.6 Å². The van der Waals surface area contributed by atoms with Crippen LogP contribution >= 0.6 is 0 Å². The van der Waals surface area contributed by atoms with Gasteiger partial charge in [-0.15, -0.1) is 0 Å². The summed E-state index contributed by atoms with van der Waals surface area (Å²) in [6.45, 7) is 4.67. The standard InChI is InChI=1S/C14H24NO2/c1-16-12-10-15(11-13-17-2)9-5-8-14-6-3-4-7-14/h3-4,6-7H,5,8-13H2,1-2H3. The van der Waals surface area contributed by atoms with Crippen LogP contribution in [-0.2, 0) is 9.47 Å².